The number of amides is 1. The molecule has 0 saturated heterocycles. The molecule has 3 aromatic rings. The molecule has 0 aliphatic rings. The molecule has 0 atom stereocenters. The largest absolute Gasteiger partial charge is 0.325 e. The third-order valence-corrected chi connectivity index (χ3v) is 3.98. The van der Waals surface area contributed by atoms with Gasteiger partial charge in [-0.2, -0.15) is 0 Å². The van der Waals surface area contributed by atoms with Gasteiger partial charge in [-0.25, -0.2) is 0 Å². The van der Waals surface area contributed by atoms with E-state index in [1.165, 1.54) is 5.39 Å². The van der Waals surface area contributed by atoms with Crippen molar-refractivity contribution in [2.24, 2.45) is 5.41 Å². The predicted molar refractivity (Wildman–Crippen MR) is 104 cm³/mol. The summed E-state index contributed by atoms with van der Waals surface area (Å²) in [4.78, 5) is 12.3. The van der Waals surface area contributed by atoms with Gasteiger partial charge in [0.15, 0.2) is 0 Å². The van der Waals surface area contributed by atoms with E-state index in [0.29, 0.717) is 0 Å². The van der Waals surface area contributed by atoms with Crippen molar-refractivity contribution in [2.45, 2.75) is 20.8 Å². The molecule has 0 radical (unpaired) electrons. The molecule has 1 N–H and O–H groups in total. The van der Waals surface area contributed by atoms with Crippen LogP contribution in [0.2, 0.25) is 0 Å². The van der Waals surface area contributed by atoms with Gasteiger partial charge in [-0.15, -0.1) is 0 Å². The number of para-hydroxylation sites is 1. The van der Waals surface area contributed by atoms with E-state index >= 15 is 0 Å². The Kier molecular flexibility index (Phi) is 4.59. The van der Waals surface area contributed by atoms with Crippen LogP contribution in [0.3, 0.4) is 0 Å². The van der Waals surface area contributed by atoms with Crippen LogP contribution in [0, 0.1) is 17.3 Å². The van der Waals surface area contributed by atoms with E-state index in [1.807, 2.05) is 69.3 Å². The fraction of sp³-hybridized carbons (Fsp3) is 0.174. The van der Waals surface area contributed by atoms with E-state index in [-0.39, 0.29) is 5.91 Å². The number of nitrogens with one attached hydrogen (secondary N) is 1. The topological polar surface area (TPSA) is 29.1 Å². The highest BCUT2D eigenvalue weighted by atomic mass is 16.2. The van der Waals surface area contributed by atoms with Crippen LogP contribution < -0.4 is 5.32 Å². The van der Waals surface area contributed by atoms with E-state index in [4.69, 9.17) is 0 Å². The molecule has 25 heavy (non-hydrogen) atoms. The molecule has 0 spiro atoms. The maximum absolute atomic E-state index is 12.3. The zero-order chi connectivity index (χ0) is 17.9. The second kappa shape index (κ2) is 6.83. The lowest BCUT2D eigenvalue weighted by molar-refractivity contribution is -0.123. The molecule has 0 unspecified atom stereocenters. The first kappa shape index (κ1) is 16.8. The van der Waals surface area contributed by atoms with Crippen LogP contribution in [0.1, 0.15) is 31.9 Å². The molecule has 2 nitrogen and oxygen atoms in total. The summed E-state index contributed by atoms with van der Waals surface area (Å²) in [5.74, 6) is 6.45. The molecule has 0 heterocycles. The molecule has 124 valence electrons. The number of rotatable bonds is 1. The van der Waals surface area contributed by atoms with Crippen molar-refractivity contribution < 1.29 is 4.79 Å². The minimum atomic E-state index is -0.448. The minimum Gasteiger partial charge on any atom is -0.325 e. The highest BCUT2D eigenvalue weighted by Gasteiger charge is 2.21. The number of fused-ring (bicyclic) bond motifs is 1. The van der Waals surface area contributed by atoms with Crippen LogP contribution >= 0.6 is 0 Å². The highest BCUT2D eigenvalue weighted by molar-refractivity contribution is 5.95. The number of benzene rings is 3. The van der Waals surface area contributed by atoms with Gasteiger partial charge >= 0.3 is 0 Å². The van der Waals surface area contributed by atoms with Crippen LogP contribution in [0.15, 0.2) is 66.7 Å². The monoisotopic (exact) mass is 327 g/mol. The third kappa shape index (κ3) is 3.89. The van der Waals surface area contributed by atoms with Gasteiger partial charge in [-0.05, 0) is 29.0 Å². The molecule has 0 aliphatic heterocycles. The molecule has 3 aromatic carbocycles. The van der Waals surface area contributed by atoms with Crippen molar-refractivity contribution in [3.63, 3.8) is 0 Å². The fourth-order valence-electron chi connectivity index (χ4n) is 2.48. The van der Waals surface area contributed by atoms with Gasteiger partial charge in [0.05, 0.1) is 5.69 Å². The van der Waals surface area contributed by atoms with Gasteiger partial charge in [-0.1, -0.05) is 81.1 Å². The Morgan fingerprint density at radius 2 is 1.40 bits per heavy atom. The first-order valence-electron chi connectivity index (χ1n) is 8.35. The molecule has 0 aliphatic carbocycles. The average molecular weight is 327 g/mol. The number of hydrogen-bond acceptors (Lipinski definition) is 1. The van der Waals surface area contributed by atoms with Crippen LogP contribution in [0.25, 0.3) is 10.8 Å². The lowest BCUT2D eigenvalue weighted by Crippen LogP contribution is -2.27. The molecule has 0 fully saturated rings. The Hall–Kier alpha value is -3.05. The summed E-state index contributed by atoms with van der Waals surface area (Å²) in [6, 6.07) is 22.0. The van der Waals surface area contributed by atoms with Crippen molar-refractivity contribution in [2.75, 3.05) is 5.32 Å². The predicted octanol–water partition coefficient (Wildman–Crippen LogP) is 5.22. The normalized spacial score (nSPS) is 10.8. The zero-order valence-electron chi connectivity index (χ0n) is 14.8. The SMILES string of the molecule is CC(C)(C)C(=O)Nc1ccccc1C#Cc1cccc2ccccc12. The van der Waals surface area contributed by atoms with Crippen molar-refractivity contribution in [1.82, 2.24) is 0 Å². The van der Waals surface area contributed by atoms with E-state index in [0.717, 1.165) is 22.2 Å². The smallest absolute Gasteiger partial charge is 0.229 e. The van der Waals surface area contributed by atoms with Gasteiger partial charge in [-0.3, -0.25) is 4.79 Å². The van der Waals surface area contributed by atoms with Crippen molar-refractivity contribution >= 4 is 22.4 Å². The number of anilines is 1. The standard InChI is InChI=1S/C23H21NO/c1-23(2,3)22(25)24-21-14-7-5-10-19(21)16-15-18-12-8-11-17-9-4-6-13-20(17)18/h4-14H,1-3H3,(H,24,25). The molecule has 0 aromatic heterocycles. The number of hydrogen-bond donors (Lipinski definition) is 1. The molecule has 0 bridgehead atoms. The molecule has 2 heteroatoms. The van der Waals surface area contributed by atoms with Gasteiger partial charge in [0, 0.05) is 16.5 Å². The summed E-state index contributed by atoms with van der Waals surface area (Å²) in [6.45, 7) is 5.69. The Labute approximate surface area is 148 Å². The van der Waals surface area contributed by atoms with Crippen molar-refractivity contribution in [3.8, 4) is 11.8 Å². The van der Waals surface area contributed by atoms with Crippen LogP contribution in [0.4, 0.5) is 5.69 Å². The minimum absolute atomic E-state index is 0.0214. The molecule has 1 amide bonds. The molecule has 3 rings (SSSR count). The summed E-state index contributed by atoms with van der Waals surface area (Å²) >= 11 is 0. The second-order valence-corrected chi connectivity index (χ2v) is 7.03. The molecular weight excluding hydrogens is 306 g/mol. The van der Waals surface area contributed by atoms with Crippen LogP contribution in [-0.4, -0.2) is 5.91 Å². The lowest BCUT2D eigenvalue weighted by Gasteiger charge is -2.18. The second-order valence-electron chi connectivity index (χ2n) is 7.03. The van der Waals surface area contributed by atoms with Gasteiger partial charge in [0.25, 0.3) is 0 Å². The zero-order valence-corrected chi connectivity index (χ0v) is 14.8. The summed E-state index contributed by atoms with van der Waals surface area (Å²) in [5, 5.41) is 5.29. The molecule has 0 saturated carbocycles. The fourth-order valence-corrected chi connectivity index (χ4v) is 2.48. The van der Waals surface area contributed by atoms with E-state index in [2.05, 4.69) is 35.4 Å². The highest BCUT2D eigenvalue weighted by Crippen LogP contribution is 2.21. The van der Waals surface area contributed by atoms with Crippen LogP contribution in [0.5, 0.6) is 0 Å². The van der Waals surface area contributed by atoms with E-state index < -0.39 is 5.41 Å². The summed E-state index contributed by atoms with van der Waals surface area (Å²) in [5.41, 5.74) is 2.09. The van der Waals surface area contributed by atoms with Crippen molar-refractivity contribution in [3.05, 3.63) is 77.9 Å². The summed E-state index contributed by atoms with van der Waals surface area (Å²) < 4.78 is 0. The van der Waals surface area contributed by atoms with Gasteiger partial charge in [0.2, 0.25) is 5.91 Å². The maximum atomic E-state index is 12.3. The Balaban J connectivity index is 1.97. The van der Waals surface area contributed by atoms with Gasteiger partial charge in [0.1, 0.15) is 0 Å². The van der Waals surface area contributed by atoms with Crippen molar-refractivity contribution in [1.29, 1.82) is 0 Å². The summed E-state index contributed by atoms with van der Waals surface area (Å²) in [6.07, 6.45) is 0. The Morgan fingerprint density at radius 3 is 2.20 bits per heavy atom. The van der Waals surface area contributed by atoms with E-state index in [1.54, 1.807) is 0 Å². The number of carbonyl (C=O) groups is 1. The van der Waals surface area contributed by atoms with Gasteiger partial charge < -0.3 is 5.32 Å². The number of carbonyl (C=O) groups excluding carboxylic acids is 1. The van der Waals surface area contributed by atoms with Crippen LogP contribution in [-0.2, 0) is 4.79 Å². The Bertz CT molecular complexity index is 979. The lowest BCUT2D eigenvalue weighted by atomic mass is 9.95. The van der Waals surface area contributed by atoms with E-state index in [9.17, 15) is 4.79 Å². The maximum Gasteiger partial charge on any atom is 0.229 e. The molecular formula is C23H21NO. The third-order valence-electron chi connectivity index (χ3n) is 3.98. The average Bonchev–Trinajstić information content (AvgIpc) is 2.60. The summed E-state index contributed by atoms with van der Waals surface area (Å²) in [7, 11) is 0. The Morgan fingerprint density at radius 1 is 0.800 bits per heavy atom. The quantitative estimate of drug-likeness (QED) is 0.610. The first-order valence-corrected chi connectivity index (χ1v) is 8.35. The first-order chi connectivity index (χ1) is 11.9.